The van der Waals surface area contributed by atoms with Gasteiger partial charge in [0.2, 0.25) is 0 Å². The molecule has 2 aromatic rings. The molecule has 2 aromatic carbocycles. The Bertz CT molecular complexity index is 773. The molecule has 0 atom stereocenters. The van der Waals surface area contributed by atoms with Crippen LogP contribution in [-0.4, -0.2) is 20.4 Å². The molecule has 0 radical (unpaired) electrons. The van der Waals surface area contributed by atoms with E-state index in [1.54, 1.807) is 14.2 Å². The normalized spacial score (nSPS) is 19.3. The highest BCUT2D eigenvalue weighted by atomic mass is 16.7. The summed E-state index contributed by atoms with van der Waals surface area (Å²) in [5, 5.41) is 0. The summed E-state index contributed by atoms with van der Waals surface area (Å²) >= 11 is 0. The van der Waals surface area contributed by atoms with Crippen LogP contribution in [0.2, 0.25) is 0 Å². The van der Waals surface area contributed by atoms with Crippen molar-refractivity contribution in [3.05, 3.63) is 59.7 Å². The van der Waals surface area contributed by atoms with Crippen molar-refractivity contribution in [1.82, 2.24) is 0 Å². The van der Waals surface area contributed by atoms with E-state index in [2.05, 4.69) is 0 Å². The van der Waals surface area contributed by atoms with Gasteiger partial charge in [0, 0.05) is 0 Å². The van der Waals surface area contributed by atoms with Gasteiger partial charge in [0.1, 0.15) is 22.7 Å². The second kappa shape index (κ2) is 8.58. The van der Waals surface area contributed by atoms with Crippen LogP contribution in [0, 0.1) is 0 Å². The van der Waals surface area contributed by atoms with Gasteiger partial charge in [0.05, 0.1) is 14.2 Å². The van der Waals surface area contributed by atoms with E-state index in [1.807, 2.05) is 48.5 Å². The minimum atomic E-state index is -0.622. The largest absolute Gasteiger partial charge is 0.510 e. The monoisotopic (exact) mass is 410 g/mol. The Hall–Kier alpha value is -2.69. The van der Waals surface area contributed by atoms with Crippen LogP contribution >= 0.6 is 0 Å². The molecule has 0 unspecified atom stereocenters. The Labute approximate surface area is 178 Å². The molecule has 0 saturated heterocycles. The average molecular weight is 411 g/mol. The van der Waals surface area contributed by atoms with Crippen molar-refractivity contribution in [2.45, 2.75) is 62.6 Å². The minimum Gasteiger partial charge on any atom is -0.497 e. The highest BCUT2D eigenvalue weighted by molar-refractivity contribution is 5.62. The van der Waals surface area contributed by atoms with Gasteiger partial charge >= 0.3 is 6.16 Å². The summed E-state index contributed by atoms with van der Waals surface area (Å²) < 4.78 is 22.7. The summed E-state index contributed by atoms with van der Waals surface area (Å²) in [6, 6.07) is 15.6. The van der Waals surface area contributed by atoms with Crippen molar-refractivity contribution in [2.75, 3.05) is 14.2 Å². The Kier molecular flexibility index (Phi) is 5.89. The molecule has 4 rings (SSSR count). The lowest BCUT2D eigenvalue weighted by molar-refractivity contribution is -0.0836. The maximum Gasteiger partial charge on any atom is 0.510 e. The van der Waals surface area contributed by atoms with Crippen LogP contribution in [0.3, 0.4) is 0 Å². The van der Waals surface area contributed by atoms with Gasteiger partial charge in [-0.05, 0) is 86.8 Å². The number of carbonyl (C=O) groups is 1. The first-order chi connectivity index (χ1) is 14.6. The summed E-state index contributed by atoms with van der Waals surface area (Å²) in [5.74, 6) is 1.58. The molecule has 2 saturated carbocycles. The Morgan fingerprint density at radius 3 is 1.27 bits per heavy atom. The van der Waals surface area contributed by atoms with Crippen LogP contribution in [0.15, 0.2) is 48.5 Å². The van der Waals surface area contributed by atoms with E-state index >= 15 is 0 Å². The lowest BCUT2D eigenvalue weighted by atomic mass is 9.91. The third kappa shape index (κ3) is 3.98. The second-order valence-corrected chi connectivity index (χ2v) is 8.31. The van der Waals surface area contributed by atoms with Crippen LogP contribution in [0.1, 0.15) is 62.5 Å². The maximum absolute atomic E-state index is 13.1. The molecule has 5 nitrogen and oxygen atoms in total. The number of benzene rings is 2. The summed E-state index contributed by atoms with van der Waals surface area (Å²) in [5.41, 5.74) is 0.761. The maximum atomic E-state index is 13.1. The smallest absolute Gasteiger partial charge is 0.497 e. The first-order valence-electron chi connectivity index (χ1n) is 10.8. The van der Waals surface area contributed by atoms with E-state index in [-0.39, 0.29) is 0 Å². The molecule has 2 fully saturated rings. The lowest BCUT2D eigenvalue weighted by Crippen LogP contribution is -2.35. The Morgan fingerprint density at radius 2 is 0.967 bits per heavy atom. The molecule has 160 valence electrons. The fraction of sp³-hybridized carbons (Fsp3) is 0.480. The van der Waals surface area contributed by atoms with E-state index < -0.39 is 17.4 Å². The van der Waals surface area contributed by atoms with Crippen LogP contribution in [0.4, 0.5) is 4.79 Å². The molecule has 0 amide bonds. The lowest BCUT2D eigenvalue weighted by Gasteiger charge is -2.34. The van der Waals surface area contributed by atoms with Gasteiger partial charge in [-0.3, -0.25) is 0 Å². The van der Waals surface area contributed by atoms with Crippen molar-refractivity contribution in [3.8, 4) is 11.5 Å². The van der Waals surface area contributed by atoms with Gasteiger partial charge < -0.3 is 18.9 Å². The van der Waals surface area contributed by atoms with E-state index in [1.165, 1.54) is 0 Å². The number of ether oxygens (including phenoxy) is 4. The summed E-state index contributed by atoms with van der Waals surface area (Å²) in [6.45, 7) is 0. The van der Waals surface area contributed by atoms with E-state index in [4.69, 9.17) is 18.9 Å². The van der Waals surface area contributed by atoms with Crippen LogP contribution < -0.4 is 9.47 Å². The average Bonchev–Trinajstić information content (AvgIpc) is 3.45. The van der Waals surface area contributed by atoms with E-state index in [9.17, 15) is 4.79 Å². The van der Waals surface area contributed by atoms with Gasteiger partial charge in [0.15, 0.2) is 0 Å². The van der Waals surface area contributed by atoms with Crippen LogP contribution in [-0.2, 0) is 20.7 Å². The molecule has 2 aliphatic carbocycles. The SMILES string of the molecule is COc1ccc(C2(OC(=O)OC3(c4ccc(OC)cc4)CCCC3)CCCC2)cc1. The molecule has 0 aliphatic heterocycles. The molecule has 0 spiro atoms. The van der Waals surface area contributed by atoms with Gasteiger partial charge in [0.25, 0.3) is 0 Å². The highest BCUT2D eigenvalue weighted by Crippen LogP contribution is 2.46. The van der Waals surface area contributed by atoms with E-state index in [0.29, 0.717) is 0 Å². The predicted octanol–water partition coefficient (Wildman–Crippen LogP) is 6.10. The molecule has 0 N–H and O–H groups in total. The zero-order valence-electron chi connectivity index (χ0n) is 17.8. The van der Waals surface area contributed by atoms with Crippen molar-refractivity contribution in [2.24, 2.45) is 0 Å². The highest BCUT2D eigenvalue weighted by Gasteiger charge is 2.44. The molecule has 5 heteroatoms. The molecule has 0 aromatic heterocycles. The Morgan fingerprint density at radius 1 is 0.633 bits per heavy atom. The number of hydrogen-bond donors (Lipinski definition) is 0. The number of carbonyl (C=O) groups excluding carboxylic acids is 1. The molecule has 30 heavy (non-hydrogen) atoms. The van der Waals surface area contributed by atoms with Crippen molar-refractivity contribution in [3.63, 3.8) is 0 Å². The first-order valence-corrected chi connectivity index (χ1v) is 10.8. The minimum absolute atomic E-state index is 0.578. The van der Waals surface area contributed by atoms with Gasteiger partial charge in [-0.15, -0.1) is 0 Å². The predicted molar refractivity (Wildman–Crippen MR) is 114 cm³/mol. The fourth-order valence-electron chi connectivity index (χ4n) is 4.92. The molecule has 0 heterocycles. The van der Waals surface area contributed by atoms with E-state index in [0.717, 1.165) is 74.0 Å². The van der Waals surface area contributed by atoms with Crippen molar-refractivity contribution < 1.29 is 23.7 Å². The third-order valence-electron chi connectivity index (χ3n) is 6.61. The summed E-state index contributed by atoms with van der Waals surface area (Å²) in [4.78, 5) is 13.1. The third-order valence-corrected chi connectivity index (χ3v) is 6.61. The number of methoxy groups -OCH3 is 2. The molecule has 0 bridgehead atoms. The summed E-state index contributed by atoms with van der Waals surface area (Å²) in [6.07, 6.45) is 6.78. The summed E-state index contributed by atoms with van der Waals surface area (Å²) in [7, 11) is 3.29. The van der Waals surface area contributed by atoms with Crippen LogP contribution in [0.25, 0.3) is 0 Å². The van der Waals surface area contributed by atoms with Gasteiger partial charge in [-0.25, -0.2) is 4.79 Å². The molecular weight excluding hydrogens is 380 g/mol. The van der Waals surface area contributed by atoms with Crippen LogP contribution in [0.5, 0.6) is 11.5 Å². The Balaban J connectivity index is 1.54. The van der Waals surface area contributed by atoms with Gasteiger partial charge in [-0.1, -0.05) is 24.3 Å². The second-order valence-electron chi connectivity index (χ2n) is 8.31. The first kappa shape index (κ1) is 20.6. The topological polar surface area (TPSA) is 54.0 Å². The molecular formula is C25H30O5. The zero-order chi connectivity index (χ0) is 21.0. The quantitative estimate of drug-likeness (QED) is 0.539. The fourth-order valence-corrected chi connectivity index (χ4v) is 4.92. The zero-order valence-corrected chi connectivity index (χ0v) is 17.8. The number of rotatable bonds is 6. The van der Waals surface area contributed by atoms with Gasteiger partial charge in [-0.2, -0.15) is 0 Å². The number of hydrogen-bond acceptors (Lipinski definition) is 5. The molecule has 2 aliphatic rings. The van der Waals surface area contributed by atoms with Crippen molar-refractivity contribution in [1.29, 1.82) is 0 Å². The standard InChI is InChI=1S/C25H30O5/c1-27-21-11-7-19(8-12-21)24(15-3-4-16-24)29-23(26)30-25(17-5-6-18-25)20-9-13-22(28-2)14-10-20/h7-14H,3-6,15-18H2,1-2H3. The van der Waals surface area contributed by atoms with Crippen molar-refractivity contribution >= 4 is 6.16 Å².